The van der Waals surface area contributed by atoms with Crippen LogP contribution >= 0.6 is 23.4 Å². The van der Waals surface area contributed by atoms with E-state index in [9.17, 15) is 9.18 Å². The largest absolute Gasteiger partial charge is 0.478 e. The molecule has 0 unspecified atom stereocenters. The number of carbonyl (C=O) groups is 1. The van der Waals surface area contributed by atoms with Crippen molar-refractivity contribution in [2.75, 3.05) is 0 Å². The second-order valence-corrected chi connectivity index (χ2v) is 5.06. The molecule has 0 bridgehead atoms. The number of halogens is 2. The molecule has 2 aromatic rings. The fraction of sp³-hybridized carbons (Fsp3) is 0. The predicted octanol–water partition coefficient (Wildman–Crippen LogP) is 4.33. The molecule has 0 aliphatic carbocycles. The SMILES string of the molecule is O=C(O)c1cc(Cl)ccc1Sc1cccc(F)c1. The van der Waals surface area contributed by atoms with Crippen LogP contribution in [0.3, 0.4) is 0 Å². The molecular weight excluding hydrogens is 275 g/mol. The van der Waals surface area contributed by atoms with Crippen molar-refractivity contribution in [2.24, 2.45) is 0 Å². The molecule has 0 fully saturated rings. The van der Waals surface area contributed by atoms with Gasteiger partial charge in [-0.3, -0.25) is 0 Å². The van der Waals surface area contributed by atoms with Gasteiger partial charge < -0.3 is 5.11 Å². The molecule has 0 saturated heterocycles. The van der Waals surface area contributed by atoms with E-state index in [4.69, 9.17) is 16.7 Å². The summed E-state index contributed by atoms with van der Waals surface area (Å²) >= 11 is 6.94. The summed E-state index contributed by atoms with van der Waals surface area (Å²) in [6.45, 7) is 0. The van der Waals surface area contributed by atoms with Gasteiger partial charge in [0.1, 0.15) is 5.82 Å². The maximum absolute atomic E-state index is 13.0. The maximum Gasteiger partial charge on any atom is 0.336 e. The van der Waals surface area contributed by atoms with E-state index in [2.05, 4.69) is 0 Å². The van der Waals surface area contributed by atoms with E-state index in [1.807, 2.05) is 0 Å². The molecule has 2 rings (SSSR count). The summed E-state index contributed by atoms with van der Waals surface area (Å²) in [5, 5.41) is 9.43. The molecule has 0 spiro atoms. The molecule has 0 saturated carbocycles. The van der Waals surface area contributed by atoms with Gasteiger partial charge in [-0.05, 0) is 36.4 Å². The number of rotatable bonds is 3. The Kier molecular flexibility index (Phi) is 3.89. The lowest BCUT2D eigenvalue weighted by Crippen LogP contribution is -1.98. The van der Waals surface area contributed by atoms with Gasteiger partial charge in [0.25, 0.3) is 0 Å². The number of aromatic carboxylic acids is 1. The van der Waals surface area contributed by atoms with Crippen molar-refractivity contribution in [3.05, 3.63) is 58.9 Å². The normalized spacial score (nSPS) is 10.3. The standard InChI is InChI=1S/C13H8ClFO2S/c14-8-4-5-12(11(6-8)13(16)17)18-10-3-1-2-9(15)7-10/h1-7H,(H,16,17). The van der Waals surface area contributed by atoms with Gasteiger partial charge in [-0.25, -0.2) is 9.18 Å². The van der Waals surface area contributed by atoms with Gasteiger partial charge in [-0.2, -0.15) is 0 Å². The smallest absolute Gasteiger partial charge is 0.336 e. The number of hydrogen-bond donors (Lipinski definition) is 1. The molecule has 0 aliphatic rings. The minimum atomic E-state index is -1.06. The van der Waals surface area contributed by atoms with Crippen molar-refractivity contribution >= 4 is 29.3 Å². The number of carboxylic acids is 1. The Morgan fingerprint density at radius 2 is 2.00 bits per heavy atom. The molecule has 2 aromatic carbocycles. The van der Waals surface area contributed by atoms with Crippen LogP contribution in [-0.4, -0.2) is 11.1 Å². The molecule has 18 heavy (non-hydrogen) atoms. The van der Waals surface area contributed by atoms with E-state index in [0.29, 0.717) is 14.8 Å². The lowest BCUT2D eigenvalue weighted by Gasteiger charge is -2.06. The summed E-state index contributed by atoms with van der Waals surface area (Å²) in [5.74, 6) is -1.41. The van der Waals surface area contributed by atoms with Gasteiger partial charge in [0, 0.05) is 14.8 Å². The molecule has 2 nitrogen and oxygen atoms in total. The average Bonchev–Trinajstić information content (AvgIpc) is 2.31. The Bertz CT molecular complexity index is 601. The van der Waals surface area contributed by atoms with E-state index in [1.165, 1.54) is 30.0 Å². The molecule has 1 N–H and O–H groups in total. The first-order chi connectivity index (χ1) is 8.56. The highest BCUT2D eigenvalue weighted by molar-refractivity contribution is 7.99. The Labute approximate surface area is 112 Å². The van der Waals surface area contributed by atoms with Crippen molar-refractivity contribution in [1.82, 2.24) is 0 Å². The van der Waals surface area contributed by atoms with Gasteiger partial charge in [-0.15, -0.1) is 0 Å². The van der Waals surface area contributed by atoms with Crippen molar-refractivity contribution in [2.45, 2.75) is 9.79 Å². The minimum absolute atomic E-state index is 0.108. The molecule has 0 aromatic heterocycles. The fourth-order valence-electron chi connectivity index (χ4n) is 1.42. The summed E-state index contributed by atoms with van der Waals surface area (Å²) in [6, 6.07) is 10.6. The lowest BCUT2D eigenvalue weighted by atomic mass is 10.2. The summed E-state index contributed by atoms with van der Waals surface area (Å²) < 4.78 is 13.0. The second kappa shape index (κ2) is 5.42. The predicted molar refractivity (Wildman–Crippen MR) is 68.9 cm³/mol. The Hall–Kier alpha value is -1.52. The van der Waals surface area contributed by atoms with Gasteiger partial charge >= 0.3 is 5.97 Å². The third kappa shape index (κ3) is 3.03. The third-order valence-corrected chi connectivity index (χ3v) is 3.50. The van der Waals surface area contributed by atoms with Crippen LogP contribution in [0, 0.1) is 5.82 Å². The highest BCUT2D eigenvalue weighted by Gasteiger charge is 2.12. The van der Waals surface area contributed by atoms with Gasteiger partial charge in [0.05, 0.1) is 5.56 Å². The average molecular weight is 283 g/mol. The quantitative estimate of drug-likeness (QED) is 0.910. The van der Waals surface area contributed by atoms with Gasteiger partial charge in [0.15, 0.2) is 0 Å². The van der Waals surface area contributed by atoms with Crippen LogP contribution in [0.5, 0.6) is 0 Å². The van der Waals surface area contributed by atoms with Crippen molar-refractivity contribution < 1.29 is 14.3 Å². The topological polar surface area (TPSA) is 37.3 Å². The van der Waals surface area contributed by atoms with Crippen LogP contribution < -0.4 is 0 Å². The van der Waals surface area contributed by atoms with Crippen LogP contribution in [0.1, 0.15) is 10.4 Å². The Morgan fingerprint density at radius 1 is 1.22 bits per heavy atom. The zero-order valence-electron chi connectivity index (χ0n) is 9.06. The molecule has 0 atom stereocenters. The summed E-state index contributed by atoms with van der Waals surface area (Å²) in [5.41, 5.74) is 0.108. The molecule has 0 heterocycles. The van der Waals surface area contributed by atoms with Gasteiger partial charge in [-0.1, -0.05) is 29.4 Å². The number of benzene rings is 2. The summed E-state index contributed by atoms with van der Waals surface area (Å²) in [4.78, 5) is 12.2. The zero-order chi connectivity index (χ0) is 13.1. The van der Waals surface area contributed by atoms with Crippen LogP contribution in [0.2, 0.25) is 5.02 Å². The first-order valence-corrected chi connectivity index (χ1v) is 6.22. The van der Waals surface area contributed by atoms with E-state index in [-0.39, 0.29) is 11.4 Å². The highest BCUT2D eigenvalue weighted by atomic mass is 35.5. The molecule has 92 valence electrons. The molecule has 5 heteroatoms. The molecule has 0 amide bonds. The highest BCUT2D eigenvalue weighted by Crippen LogP contribution is 2.32. The number of hydrogen-bond acceptors (Lipinski definition) is 2. The zero-order valence-corrected chi connectivity index (χ0v) is 10.6. The summed E-state index contributed by atoms with van der Waals surface area (Å²) in [7, 11) is 0. The fourth-order valence-corrected chi connectivity index (χ4v) is 2.55. The second-order valence-electron chi connectivity index (χ2n) is 3.51. The first-order valence-electron chi connectivity index (χ1n) is 5.02. The van der Waals surface area contributed by atoms with E-state index < -0.39 is 5.97 Å². The maximum atomic E-state index is 13.0. The monoisotopic (exact) mass is 282 g/mol. The van der Waals surface area contributed by atoms with Gasteiger partial charge in [0.2, 0.25) is 0 Å². The van der Waals surface area contributed by atoms with Crippen LogP contribution in [0.4, 0.5) is 4.39 Å². The minimum Gasteiger partial charge on any atom is -0.478 e. The van der Waals surface area contributed by atoms with Crippen molar-refractivity contribution in [3.63, 3.8) is 0 Å². The molecule has 0 aliphatic heterocycles. The third-order valence-electron chi connectivity index (χ3n) is 2.20. The summed E-state index contributed by atoms with van der Waals surface area (Å²) in [6.07, 6.45) is 0. The van der Waals surface area contributed by atoms with Crippen LogP contribution in [0.15, 0.2) is 52.3 Å². The Balaban J connectivity index is 2.37. The van der Waals surface area contributed by atoms with E-state index in [0.717, 1.165) is 0 Å². The van der Waals surface area contributed by atoms with Crippen molar-refractivity contribution in [3.8, 4) is 0 Å². The van der Waals surface area contributed by atoms with E-state index in [1.54, 1.807) is 24.3 Å². The number of carboxylic acid groups (broad SMARTS) is 1. The lowest BCUT2D eigenvalue weighted by molar-refractivity contribution is 0.0693. The van der Waals surface area contributed by atoms with Crippen molar-refractivity contribution in [1.29, 1.82) is 0 Å². The first kappa shape index (κ1) is 12.9. The van der Waals surface area contributed by atoms with E-state index >= 15 is 0 Å². The van der Waals surface area contributed by atoms with Crippen LogP contribution in [0.25, 0.3) is 0 Å². The molecular formula is C13H8ClFO2S. The Morgan fingerprint density at radius 3 is 2.67 bits per heavy atom. The molecule has 0 radical (unpaired) electrons. The van der Waals surface area contributed by atoms with Crippen LogP contribution in [-0.2, 0) is 0 Å².